The highest BCUT2D eigenvalue weighted by atomic mass is 16.4. The largest absolute Gasteiger partial charge is 0.480 e. The van der Waals surface area contributed by atoms with Gasteiger partial charge in [-0.15, -0.1) is 0 Å². The molecule has 1 rings (SSSR count). The molecule has 0 saturated carbocycles. The molecule has 0 amide bonds. The van der Waals surface area contributed by atoms with Gasteiger partial charge < -0.3 is 16.2 Å². The fourth-order valence-electron chi connectivity index (χ4n) is 1.77. The van der Waals surface area contributed by atoms with Crippen LogP contribution in [0.5, 0.6) is 0 Å². The summed E-state index contributed by atoms with van der Waals surface area (Å²) >= 11 is 0. The number of nitrogens with two attached hydrogens (primary N) is 1. The van der Waals surface area contributed by atoms with E-state index in [0.29, 0.717) is 12.6 Å². The Morgan fingerprint density at radius 1 is 1.50 bits per heavy atom. The summed E-state index contributed by atoms with van der Waals surface area (Å²) in [5.74, 6) is -0.738. The molecule has 14 heavy (non-hydrogen) atoms. The molecule has 82 valence electrons. The zero-order chi connectivity index (χ0) is 10.4. The highest BCUT2D eigenvalue weighted by Gasteiger charge is 2.19. The number of rotatable bonds is 5. The Morgan fingerprint density at radius 3 is 2.64 bits per heavy atom. The monoisotopic (exact) mass is 201 g/mol. The van der Waals surface area contributed by atoms with Crippen LogP contribution >= 0.6 is 0 Å². The minimum absolute atomic E-state index is 0.170. The Kier molecular flexibility index (Phi) is 4.86. The van der Waals surface area contributed by atoms with Gasteiger partial charge in [-0.2, -0.15) is 0 Å². The molecule has 0 aromatic heterocycles. The Bertz CT molecular complexity index is 179. The van der Waals surface area contributed by atoms with Crippen molar-refractivity contribution in [2.75, 3.05) is 32.7 Å². The van der Waals surface area contributed by atoms with Crippen molar-refractivity contribution in [2.24, 2.45) is 5.73 Å². The number of nitrogens with zero attached hydrogens (tertiary/aromatic N) is 1. The number of nitrogens with one attached hydrogen (secondary N) is 1. The molecule has 0 bridgehead atoms. The van der Waals surface area contributed by atoms with E-state index in [1.54, 1.807) is 0 Å². The molecule has 1 aliphatic rings. The number of carboxylic acid groups (broad SMARTS) is 1. The van der Waals surface area contributed by atoms with E-state index in [4.69, 9.17) is 10.8 Å². The lowest BCUT2D eigenvalue weighted by Crippen LogP contribution is -2.45. The molecule has 4 N–H and O–H groups in total. The van der Waals surface area contributed by atoms with Crippen molar-refractivity contribution < 1.29 is 9.90 Å². The normalized spacial score (nSPS) is 19.8. The minimum Gasteiger partial charge on any atom is -0.480 e. The molecule has 5 heteroatoms. The summed E-state index contributed by atoms with van der Waals surface area (Å²) in [7, 11) is 0. The van der Waals surface area contributed by atoms with Crippen molar-refractivity contribution in [2.45, 2.75) is 18.9 Å². The molecule has 0 spiro atoms. The van der Waals surface area contributed by atoms with Gasteiger partial charge in [-0.1, -0.05) is 0 Å². The Morgan fingerprint density at radius 2 is 2.14 bits per heavy atom. The van der Waals surface area contributed by atoms with Crippen LogP contribution in [0.25, 0.3) is 0 Å². The van der Waals surface area contributed by atoms with E-state index in [0.717, 1.165) is 32.5 Å². The molecule has 1 heterocycles. The second-order valence-electron chi connectivity index (χ2n) is 3.69. The van der Waals surface area contributed by atoms with Gasteiger partial charge in [-0.3, -0.25) is 9.69 Å². The molecule has 1 aliphatic heterocycles. The van der Waals surface area contributed by atoms with Crippen molar-refractivity contribution in [3.8, 4) is 0 Å². The van der Waals surface area contributed by atoms with Gasteiger partial charge in [0, 0.05) is 32.2 Å². The van der Waals surface area contributed by atoms with Crippen LogP contribution in [0.4, 0.5) is 0 Å². The number of carboxylic acids is 1. The maximum absolute atomic E-state index is 10.4. The van der Waals surface area contributed by atoms with E-state index in [9.17, 15) is 4.79 Å². The zero-order valence-electron chi connectivity index (χ0n) is 8.41. The molecular weight excluding hydrogens is 182 g/mol. The SMILES string of the molecule is NCCNC1CCN(CC(=O)O)CC1. The standard InChI is InChI=1S/C9H19N3O2/c10-3-4-11-8-1-5-12(6-2-8)7-9(13)14/h8,11H,1-7,10H2,(H,13,14). The van der Waals surface area contributed by atoms with Gasteiger partial charge >= 0.3 is 5.97 Å². The van der Waals surface area contributed by atoms with Gasteiger partial charge in [0.05, 0.1) is 6.54 Å². The molecule has 0 radical (unpaired) electrons. The molecule has 0 atom stereocenters. The molecule has 0 unspecified atom stereocenters. The lowest BCUT2D eigenvalue weighted by atomic mass is 10.1. The van der Waals surface area contributed by atoms with Crippen LogP contribution in [0.1, 0.15) is 12.8 Å². The topological polar surface area (TPSA) is 78.6 Å². The summed E-state index contributed by atoms with van der Waals surface area (Å²) in [5.41, 5.74) is 5.39. The van der Waals surface area contributed by atoms with Crippen molar-refractivity contribution in [3.05, 3.63) is 0 Å². The molecule has 5 nitrogen and oxygen atoms in total. The zero-order valence-corrected chi connectivity index (χ0v) is 8.41. The number of hydrogen-bond donors (Lipinski definition) is 3. The summed E-state index contributed by atoms with van der Waals surface area (Å²) in [5, 5.41) is 11.9. The van der Waals surface area contributed by atoms with Gasteiger partial charge in [0.25, 0.3) is 0 Å². The third kappa shape index (κ3) is 4.04. The van der Waals surface area contributed by atoms with Gasteiger partial charge in [0.2, 0.25) is 0 Å². The first kappa shape index (κ1) is 11.4. The predicted molar refractivity (Wildman–Crippen MR) is 54.2 cm³/mol. The highest BCUT2D eigenvalue weighted by molar-refractivity contribution is 5.69. The molecule has 0 aromatic carbocycles. The van der Waals surface area contributed by atoms with E-state index in [1.807, 2.05) is 4.90 Å². The van der Waals surface area contributed by atoms with Crippen molar-refractivity contribution in [1.82, 2.24) is 10.2 Å². The van der Waals surface area contributed by atoms with Crippen LogP contribution in [0.15, 0.2) is 0 Å². The van der Waals surface area contributed by atoms with E-state index >= 15 is 0 Å². The predicted octanol–water partition coefficient (Wildman–Crippen LogP) is -0.916. The fourth-order valence-corrected chi connectivity index (χ4v) is 1.77. The number of aliphatic carboxylic acids is 1. The van der Waals surface area contributed by atoms with Gasteiger partial charge in [-0.05, 0) is 12.8 Å². The van der Waals surface area contributed by atoms with Crippen molar-refractivity contribution >= 4 is 5.97 Å². The quantitative estimate of drug-likeness (QED) is 0.536. The van der Waals surface area contributed by atoms with Gasteiger partial charge in [0.15, 0.2) is 0 Å². The summed E-state index contributed by atoms with van der Waals surface area (Å²) < 4.78 is 0. The second-order valence-corrected chi connectivity index (χ2v) is 3.69. The summed E-state index contributed by atoms with van der Waals surface area (Å²) in [6.07, 6.45) is 2.04. The van der Waals surface area contributed by atoms with Crippen LogP contribution in [-0.4, -0.2) is 54.7 Å². The third-order valence-electron chi connectivity index (χ3n) is 2.52. The lowest BCUT2D eigenvalue weighted by molar-refractivity contribution is -0.138. The van der Waals surface area contributed by atoms with Crippen LogP contribution in [0, 0.1) is 0 Å². The van der Waals surface area contributed by atoms with E-state index in [-0.39, 0.29) is 6.54 Å². The summed E-state index contributed by atoms with van der Waals surface area (Å²) in [6.45, 7) is 3.42. The van der Waals surface area contributed by atoms with Crippen LogP contribution in [-0.2, 0) is 4.79 Å². The van der Waals surface area contributed by atoms with E-state index in [1.165, 1.54) is 0 Å². The fraction of sp³-hybridized carbons (Fsp3) is 0.889. The highest BCUT2D eigenvalue weighted by Crippen LogP contribution is 2.09. The first-order chi connectivity index (χ1) is 6.72. The van der Waals surface area contributed by atoms with Gasteiger partial charge in [0.1, 0.15) is 0 Å². The van der Waals surface area contributed by atoms with E-state index < -0.39 is 5.97 Å². The average molecular weight is 201 g/mol. The maximum atomic E-state index is 10.4. The van der Waals surface area contributed by atoms with Crippen LogP contribution < -0.4 is 11.1 Å². The number of hydrogen-bond acceptors (Lipinski definition) is 4. The summed E-state index contributed by atoms with van der Waals surface area (Å²) in [6, 6.07) is 0.517. The van der Waals surface area contributed by atoms with Crippen molar-refractivity contribution in [3.63, 3.8) is 0 Å². The van der Waals surface area contributed by atoms with Crippen LogP contribution in [0.3, 0.4) is 0 Å². The molecule has 1 fully saturated rings. The Labute approximate surface area is 84.3 Å². The van der Waals surface area contributed by atoms with Gasteiger partial charge in [-0.25, -0.2) is 0 Å². The van der Waals surface area contributed by atoms with Crippen LogP contribution in [0.2, 0.25) is 0 Å². The number of likely N-dealkylation sites (tertiary alicyclic amines) is 1. The molecule has 1 saturated heterocycles. The van der Waals surface area contributed by atoms with E-state index in [2.05, 4.69) is 5.32 Å². The number of carbonyl (C=O) groups is 1. The lowest BCUT2D eigenvalue weighted by Gasteiger charge is -2.31. The Hall–Kier alpha value is -0.650. The molecule has 0 aromatic rings. The third-order valence-corrected chi connectivity index (χ3v) is 2.52. The Balaban J connectivity index is 2.14. The smallest absolute Gasteiger partial charge is 0.317 e. The van der Waals surface area contributed by atoms with Crippen molar-refractivity contribution in [1.29, 1.82) is 0 Å². The maximum Gasteiger partial charge on any atom is 0.317 e. The number of piperidine rings is 1. The second kappa shape index (κ2) is 5.95. The first-order valence-electron chi connectivity index (χ1n) is 5.10. The molecule has 0 aliphatic carbocycles. The molecular formula is C9H19N3O2. The average Bonchev–Trinajstić information content (AvgIpc) is 2.16. The minimum atomic E-state index is -0.738. The first-order valence-corrected chi connectivity index (χ1v) is 5.10. The summed E-state index contributed by atoms with van der Waals surface area (Å²) in [4.78, 5) is 12.4.